The average Bonchev–Trinajstić information content (AvgIpc) is 3.30. The molecule has 0 spiro atoms. The molecule has 1 aromatic heterocycles. The largest absolute Gasteiger partial charge is 0.481 e. The van der Waals surface area contributed by atoms with Crippen LogP contribution >= 0.6 is 0 Å². The second kappa shape index (κ2) is 9.13. The molecule has 4 rings (SSSR count). The number of rotatable bonds is 6. The van der Waals surface area contributed by atoms with Crippen molar-refractivity contribution in [1.82, 2.24) is 20.6 Å². The second-order valence-electron chi connectivity index (χ2n) is 7.11. The van der Waals surface area contributed by atoms with Gasteiger partial charge in [0.1, 0.15) is 5.75 Å². The quantitative estimate of drug-likeness (QED) is 0.474. The zero-order chi connectivity index (χ0) is 21.6. The van der Waals surface area contributed by atoms with Crippen LogP contribution in [0.3, 0.4) is 0 Å². The maximum atomic E-state index is 12.3. The van der Waals surface area contributed by atoms with E-state index in [0.29, 0.717) is 17.9 Å². The van der Waals surface area contributed by atoms with Crippen molar-refractivity contribution < 1.29 is 14.3 Å². The Morgan fingerprint density at radius 3 is 2.48 bits per heavy atom. The zero-order valence-electron chi connectivity index (χ0n) is 17.0. The predicted molar refractivity (Wildman–Crippen MR) is 117 cm³/mol. The molecule has 0 bridgehead atoms. The first-order chi connectivity index (χ1) is 15.1. The van der Waals surface area contributed by atoms with Gasteiger partial charge < -0.3 is 4.74 Å². The number of hydrogen-bond donors (Lipinski definition) is 2. The molecule has 1 atom stereocenters. The Morgan fingerprint density at radius 2 is 1.74 bits per heavy atom. The van der Waals surface area contributed by atoms with Gasteiger partial charge in [-0.25, -0.2) is 0 Å². The van der Waals surface area contributed by atoms with Gasteiger partial charge in [0.2, 0.25) is 0 Å². The minimum absolute atomic E-state index is 0.406. The first-order valence-corrected chi connectivity index (χ1v) is 9.90. The predicted octanol–water partition coefficient (Wildman–Crippen LogP) is 3.31. The number of fused-ring (bicyclic) bond motifs is 1. The first-order valence-electron chi connectivity index (χ1n) is 9.90. The highest BCUT2D eigenvalue weighted by molar-refractivity contribution is 5.95. The fraction of sp³-hybridized carbons (Fsp3) is 0.125. The summed E-state index contributed by atoms with van der Waals surface area (Å²) in [5.74, 6) is -0.269. The van der Waals surface area contributed by atoms with Gasteiger partial charge in [0.05, 0.1) is 6.54 Å². The average molecular weight is 414 g/mol. The van der Waals surface area contributed by atoms with Crippen molar-refractivity contribution in [1.29, 1.82) is 0 Å². The van der Waals surface area contributed by atoms with E-state index in [9.17, 15) is 9.59 Å². The lowest BCUT2D eigenvalue weighted by Gasteiger charge is -2.15. The van der Waals surface area contributed by atoms with E-state index in [-0.39, 0.29) is 0 Å². The van der Waals surface area contributed by atoms with Crippen molar-refractivity contribution in [2.75, 3.05) is 0 Å². The Kier molecular flexibility index (Phi) is 5.93. The smallest absolute Gasteiger partial charge is 0.279 e. The van der Waals surface area contributed by atoms with Crippen molar-refractivity contribution >= 4 is 22.6 Å². The first kappa shape index (κ1) is 20.2. The van der Waals surface area contributed by atoms with Gasteiger partial charge in [-0.15, -0.1) is 0 Å². The van der Waals surface area contributed by atoms with Crippen molar-refractivity contribution in [3.8, 4) is 5.75 Å². The number of hydrogen-bond acceptors (Lipinski definition) is 4. The molecule has 2 N–H and O–H groups in total. The number of carbonyl (C=O) groups excluding carboxylic acids is 2. The topological polar surface area (TPSA) is 85.3 Å². The van der Waals surface area contributed by atoms with Crippen LogP contribution in [0, 0.1) is 0 Å². The summed E-state index contributed by atoms with van der Waals surface area (Å²) in [6.07, 6.45) is 2.81. The van der Waals surface area contributed by atoms with Crippen LogP contribution in [0.15, 0.2) is 85.2 Å². The molecule has 7 heteroatoms. The normalized spacial score (nSPS) is 11.6. The molecule has 1 heterocycles. The van der Waals surface area contributed by atoms with Gasteiger partial charge in [-0.1, -0.05) is 42.5 Å². The summed E-state index contributed by atoms with van der Waals surface area (Å²) >= 11 is 0. The number of nitrogens with one attached hydrogen (secondary N) is 2. The number of aromatic nitrogens is 2. The Bertz CT molecular complexity index is 1190. The summed E-state index contributed by atoms with van der Waals surface area (Å²) in [5.41, 5.74) is 6.29. The van der Waals surface area contributed by atoms with Gasteiger partial charge >= 0.3 is 0 Å². The van der Waals surface area contributed by atoms with Crippen molar-refractivity contribution in [2.45, 2.75) is 19.6 Å². The van der Waals surface area contributed by atoms with Crippen molar-refractivity contribution in [2.24, 2.45) is 0 Å². The fourth-order valence-electron chi connectivity index (χ4n) is 3.13. The fourth-order valence-corrected chi connectivity index (χ4v) is 3.13. The van der Waals surface area contributed by atoms with E-state index in [2.05, 4.69) is 16.0 Å². The number of hydrazine groups is 1. The van der Waals surface area contributed by atoms with Crippen LogP contribution in [0.1, 0.15) is 22.8 Å². The second-order valence-corrected chi connectivity index (χ2v) is 7.11. The summed E-state index contributed by atoms with van der Waals surface area (Å²) in [6, 6.07) is 22.5. The molecular weight excluding hydrogens is 392 g/mol. The summed E-state index contributed by atoms with van der Waals surface area (Å²) in [4.78, 5) is 24.6. The van der Waals surface area contributed by atoms with E-state index in [1.54, 1.807) is 29.9 Å². The van der Waals surface area contributed by atoms with Gasteiger partial charge in [0.15, 0.2) is 6.10 Å². The maximum Gasteiger partial charge on any atom is 0.279 e. The Balaban J connectivity index is 1.29. The molecule has 156 valence electrons. The summed E-state index contributed by atoms with van der Waals surface area (Å²) < 4.78 is 7.51. The molecule has 0 aliphatic rings. The van der Waals surface area contributed by atoms with Gasteiger partial charge in [-0.05, 0) is 53.6 Å². The molecule has 0 aliphatic heterocycles. The molecule has 0 saturated heterocycles. The zero-order valence-corrected chi connectivity index (χ0v) is 17.0. The third kappa shape index (κ3) is 5.08. The highest BCUT2D eigenvalue weighted by Gasteiger charge is 2.16. The van der Waals surface area contributed by atoms with E-state index in [1.165, 1.54) is 0 Å². The standard InChI is InChI=1S/C24H22N4O3/c1-17(31-22-12-11-19-5-2-3-6-21(19)15-22)23(29)26-27-24(30)20-9-7-18(8-10-20)16-28-14-4-13-25-28/h2-15,17H,16H2,1H3,(H,26,29)(H,27,30). The Labute approximate surface area is 179 Å². The van der Waals surface area contributed by atoms with E-state index in [1.807, 2.05) is 66.9 Å². The number of nitrogens with zero attached hydrogens (tertiary/aromatic N) is 2. The van der Waals surface area contributed by atoms with Gasteiger partial charge in [0, 0.05) is 18.0 Å². The third-order valence-corrected chi connectivity index (χ3v) is 4.82. The van der Waals surface area contributed by atoms with Crippen LogP contribution in [0.25, 0.3) is 10.8 Å². The van der Waals surface area contributed by atoms with Crippen molar-refractivity contribution in [3.63, 3.8) is 0 Å². The van der Waals surface area contributed by atoms with E-state index in [0.717, 1.165) is 16.3 Å². The lowest BCUT2D eigenvalue weighted by molar-refractivity contribution is -0.128. The highest BCUT2D eigenvalue weighted by Crippen LogP contribution is 2.21. The summed E-state index contributed by atoms with van der Waals surface area (Å²) in [7, 11) is 0. The monoisotopic (exact) mass is 414 g/mol. The van der Waals surface area contributed by atoms with Gasteiger partial charge in [-0.2, -0.15) is 5.10 Å². The number of benzene rings is 3. The Morgan fingerprint density at radius 1 is 0.968 bits per heavy atom. The van der Waals surface area contributed by atoms with Crippen LogP contribution in [0.4, 0.5) is 0 Å². The lowest BCUT2D eigenvalue weighted by atomic mass is 10.1. The molecule has 0 fully saturated rings. The SMILES string of the molecule is CC(Oc1ccc2ccccc2c1)C(=O)NNC(=O)c1ccc(Cn2cccn2)cc1. The number of carbonyl (C=O) groups is 2. The van der Waals surface area contributed by atoms with Crippen LogP contribution in [0.5, 0.6) is 5.75 Å². The molecule has 4 aromatic rings. The maximum absolute atomic E-state index is 12.3. The van der Waals surface area contributed by atoms with Crippen molar-refractivity contribution in [3.05, 3.63) is 96.3 Å². The minimum Gasteiger partial charge on any atom is -0.481 e. The Hall–Kier alpha value is -4.13. The number of ether oxygens (including phenoxy) is 1. The molecule has 0 saturated carbocycles. The lowest BCUT2D eigenvalue weighted by Crippen LogP contribution is -2.47. The number of amides is 2. The van der Waals surface area contributed by atoms with E-state index in [4.69, 9.17) is 4.74 Å². The molecule has 31 heavy (non-hydrogen) atoms. The molecule has 0 radical (unpaired) electrons. The minimum atomic E-state index is -0.780. The van der Waals surface area contributed by atoms with Crippen LogP contribution in [0.2, 0.25) is 0 Å². The van der Waals surface area contributed by atoms with Gasteiger partial charge in [-0.3, -0.25) is 25.1 Å². The van der Waals surface area contributed by atoms with Crippen LogP contribution in [-0.4, -0.2) is 27.7 Å². The molecule has 0 aliphatic carbocycles. The van der Waals surface area contributed by atoms with E-state index >= 15 is 0 Å². The molecule has 7 nitrogen and oxygen atoms in total. The molecule has 2 amide bonds. The van der Waals surface area contributed by atoms with E-state index < -0.39 is 17.9 Å². The third-order valence-electron chi connectivity index (χ3n) is 4.82. The van der Waals surface area contributed by atoms with Crippen LogP contribution in [-0.2, 0) is 11.3 Å². The highest BCUT2D eigenvalue weighted by atomic mass is 16.5. The summed E-state index contributed by atoms with van der Waals surface area (Å²) in [6.45, 7) is 2.25. The molecule has 3 aromatic carbocycles. The summed E-state index contributed by atoms with van der Waals surface area (Å²) in [5, 5.41) is 6.27. The molecule has 1 unspecified atom stereocenters. The van der Waals surface area contributed by atoms with Gasteiger partial charge in [0.25, 0.3) is 11.8 Å². The van der Waals surface area contributed by atoms with Crippen LogP contribution < -0.4 is 15.6 Å². The molecular formula is C24H22N4O3.